The normalized spacial score (nSPS) is 7.43. The molecular weight excluding hydrogens is 213 g/mol. The van der Waals surface area contributed by atoms with Gasteiger partial charge in [-0.1, -0.05) is 0 Å². The Morgan fingerprint density at radius 1 is 1.43 bits per heavy atom. The summed E-state index contributed by atoms with van der Waals surface area (Å²) in [6, 6.07) is 0. The molecule has 76 valence electrons. The van der Waals surface area contributed by atoms with Crippen LogP contribution in [0.3, 0.4) is 0 Å². The molecule has 0 heterocycles. The Balaban J connectivity index is -0.000000209. The van der Waals surface area contributed by atoms with Crippen LogP contribution in [0.2, 0.25) is 0 Å². The van der Waals surface area contributed by atoms with Crippen LogP contribution in [0.4, 0.5) is 4.39 Å². The van der Waals surface area contributed by atoms with Gasteiger partial charge in [-0.25, -0.2) is 14.0 Å². The number of carbonyl (C=O) groups excluding carboxylic acids is 1. The van der Waals surface area contributed by atoms with E-state index in [1.165, 1.54) is 0 Å². The molecule has 3 N–H and O–H groups in total. The molecule has 0 aromatic rings. The summed E-state index contributed by atoms with van der Waals surface area (Å²) in [5, 5.41) is 30.6. The molecule has 0 spiro atoms. The van der Waals surface area contributed by atoms with Gasteiger partial charge in [-0.3, -0.25) is 0 Å². The van der Waals surface area contributed by atoms with Crippen molar-refractivity contribution in [1.29, 1.82) is 0 Å². The maximum atomic E-state index is 11.1. The van der Waals surface area contributed by atoms with Crippen LogP contribution in [0.25, 0.3) is 0 Å². The van der Waals surface area contributed by atoms with E-state index in [1.807, 2.05) is 0 Å². The van der Waals surface area contributed by atoms with Crippen molar-refractivity contribution in [2.75, 3.05) is 13.3 Å². The second-order valence-corrected chi connectivity index (χ2v) is 1.46. The zero-order valence-electron chi connectivity index (χ0n) is 7.34. The first-order valence-corrected chi connectivity index (χ1v) is 2.89. The SMILES string of the molecule is O=C(O)C(=O)OCCF.[Na+].[O-]B(O)O. The summed E-state index contributed by atoms with van der Waals surface area (Å²) in [6.45, 7) is -1.36. The van der Waals surface area contributed by atoms with Crippen LogP contribution in [0.1, 0.15) is 0 Å². The molecule has 0 unspecified atom stereocenters. The fourth-order valence-electron chi connectivity index (χ4n) is 0.193. The summed E-state index contributed by atoms with van der Waals surface area (Å²) >= 11 is 0. The number of alkyl halides is 1. The number of carbonyl (C=O) groups is 2. The summed E-state index contributed by atoms with van der Waals surface area (Å²) in [5.74, 6) is -3.13. The van der Waals surface area contributed by atoms with Gasteiger partial charge in [0.1, 0.15) is 13.3 Å². The summed E-state index contributed by atoms with van der Waals surface area (Å²) in [7, 11) is -2.42. The van der Waals surface area contributed by atoms with E-state index in [9.17, 15) is 14.0 Å². The third-order valence-electron chi connectivity index (χ3n) is 0.485. The summed E-state index contributed by atoms with van der Waals surface area (Å²) in [5.41, 5.74) is 0. The molecule has 0 radical (unpaired) electrons. The Kier molecular flexibility index (Phi) is 17.8. The molecule has 0 saturated heterocycles. The van der Waals surface area contributed by atoms with Crippen LogP contribution in [0.5, 0.6) is 0 Å². The van der Waals surface area contributed by atoms with Crippen LogP contribution >= 0.6 is 0 Å². The first-order chi connectivity index (χ1) is 5.91. The Labute approximate surface area is 101 Å². The Morgan fingerprint density at radius 3 is 2.00 bits per heavy atom. The molecule has 0 aliphatic carbocycles. The molecule has 0 aliphatic rings. The van der Waals surface area contributed by atoms with Gasteiger partial charge in [0.25, 0.3) is 0 Å². The Morgan fingerprint density at radius 2 is 1.79 bits per heavy atom. The van der Waals surface area contributed by atoms with Crippen LogP contribution in [0, 0.1) is 0 Å². The third-order valence-corrected chi connectivity index (χ3v) is 0.485. The Hall–Kier alpha value is -0.185. The molecule has 0 saturated carbocycles. The first kappa shape index (κ1) is 19.4. The van der Waals surface area contributed by atoms with Crippen LogP contribution in [0.15, 0.2) is 0 Å². The number of ether oxygens (including phenoxy) is 1. The van der Waals surface area contributed by atoms with Crippen LogP contribution < -0.4 is 34.6 Å². The molecule has 0 aliphatic heterocycles. The molecule has 10 heteroatoms. The number of hydrogen-bond acceptors (Lipinski definition) is 6. The van der Waals surface area contributed by atoms with Gasteiger partial charge in [0.05, 0.1) is 0 Å². The predicted octanol–water partition coefficient (Wildman–Crippen LogP) is -6.10. The van der Waals surface area contributed by atoms with Crippen molar-refractivity contribution < 1.29 is 68.5 Å². The van der Waals surface area contributed by atoms with Crippen molar-refractivity contribution in [3.05, 3.63) is 0 Å². The molecule has 14 heavy (non-hydrogen) atoms. The summed E-state index contributed by atoms with van der Waals surface area (Å²) in [4.78, 5) is 19.5. The van der Waals surface area contributed by atoms with E-state index < -0.39 is 32.5 Å². The standard InChI is InChI=1S/C4H5FO4.BH2O3.Na/c5-1-2-9-4(8)3(6)7;2-1(3)4;/h1-2H2,(H,6,7);2-3H;/q;-1;+1. The zero-order chi connectivity index (χ0) is 10.9. The van der Waals surface area contributed by atoms with Crippen molar-refractivity contribution in [3.63, 3.8) is 0 Å². The van der Waals surface area contributed by atoms with Gasteiger partial charge < -0.3 is 24.9 Å². The maximum Gasteiger partial charge on any atom is 1.00 e. The molecule has 0 rings (SSSR count). The summed E-state index contributed by atoms with van der Waals surface area (Å²) < 4.78 is 15.0. The molecule has 0 atom stereocenters. The molecule has 0 aromatic heterocycles. The van der Waals surface area contributed by atoms with Crippen LogP contribution in [-0.4, -0.2) is 47.7 Å². The smallest absolute Gasteiger partial charge is 0.832 e. The topological polar surface area (TPSA) is 127 Å². The van der Waals surface area contributed by atoms with Gasteiger partial charge in [0, 0.05) is 0 Å². The van der Waals surface area contributed by atoms with Crippen LogP contribution in [-0.2, 0) is 14.3 Å². The molecule has 0 aromatic carbocycles. The quantitative estimate of drug-likeness (QED) is 0.240. The van der Waals surface area contributed by atoms with E-state index in [-0.39, 0.29) is 29.6 Å². The average Bonchev–Trinajstić information content (AvgIpc) is 1.98. The van der Waals surface area contributed by atoms with E-state index in [1.54, 1.807) is 0 Å². The third kappa shape index (κ3) is 22.6. The van der Waals surface area contributed by atoms with E-state index >= 15 is 0 Å². The van der Waals surface area contributed by atoms with Gasteiger partial charge in [0.15, 0.2) is 0 Å². The largest absolute Gasteiger partial charge is 1.00 e. The van der Waals surface area contributed by atoms with Gasteiger partial charge in [0.2, 0.25) is 0 Å². The molecule has 0 bridgehead atoms. The molecule has 0 amide bonds. The summed E-state index contributed by atoms with van der Waals surface area (Å²) in [6.07, 6.45) is 0. The van der Waals surface area contributed by atoms with Gasteiger partial charge in [-0.05, 0) is 0 Å². The van der Waals surface area contributed by atoms with E-state index in [0.29, 0.717) is 0 Å². The van der Waals surface area contributed by atoms with Gasteiger partial charge in [-0.15, -0.1) is 0 Å². The number of esters is 1. The molecule has 7 nitrogen and oxygen atoms in total. The number of hydrogen-bond donors (Lipinski definition) is 3. The second-order valence-electron chi connectivity index (χ2n) is 1.46. The second kappa shape index (κ2) is 12.8. The average molecular weight is 220 g/mol. The number of rotatable bonds is 2. The predicted molar refractivity (Wildman–Crippen MR) is 34.8 cm³/mol. The number of carboxylic acids is 1. The minimum absolute atomic E-state index is 0. The van der Waals surface area contributed by atoms with E-state index in [4.69, 9.17) is 20.2 Å². The monoisotopic (exact) mass is 220 g/mol. The Bertz CT molecular complexity index is 163. The zero-order valence-corrected chi connectivity index (χ0v) is 9.34. The fraction of sp³-hybridized carbons (Fsp3) is 0.500. The maximum absolute atomic E-state index is 11.1. The van der Waals surface area contributed by atoms with E-state index in [0.717, 1.165) is 0 Å². The van der Waals surface area contributed by atoms with Gasteiger partial charge >= 0.3 is 48.8 Å². The number of carboxylic acid groups (broad SMARTS) is 1. The number of aliphatic carboxylic acids is 1. The minimum atomic E-state index is -2.42. The van der Waals surface area contributed by atoms with E-state index in [2.05, 4.69) is 4.74 Å². The fourth-order valence-corrected chi connectivity index (χ4v) is 0.193. The first-order valence-electron chi connectivity index (χ1n) is 2.89. The van der Waals surface area contributed by atoms with Crippen molar-refractivity contribution in [3.8, 4) is 0 Å². The van der Waals surface area contributed by atoms with Crippen molar-refractivity contribution >= 4 is 19.3 Å². The minimum Gasteiger partial charge on any atom is -0.832 e. The van der Waals surface area contributed by atoms with Crippen molar-refractivity contribution in [2.45, 2.75) is 0 Å². The number of halogens is 1. The molecular formula is C4H7BFNaO7. The molecule has 0 fully saturated rings. The van der Waals surface area contributed by atoms with Crippen molar-refractivity contribution in [1.82, 2.24) is 0 Å². The van der Waals surface area contributed by atoms with Gasteiger partial charge in [-0.2, -0.15) is 0 Å². The van der Waals surface area contributed by atoms with Crippen molar-refractivity contribution in [2.24, 2.45) is 0 Å².